The third-order valence-corrected chi connectivity index (χ3v) is 2.43. The van der Waals surface area contributed by atoms with Gasteiger partial charge in [-0.2, -0.15) is 0 Å². The van der Waals surface area contributed by atoms with Crippen LogP contribution in [0.4, 0.5) is 0 Å². The van der Waals surface area contributed by atoms with E-state index in [0.717, 1.165) is 34.6 Å². The predicted octanol–water partition coefficient (Wildman–Crippen LogP) is -1.24. The predicted molar refractivity (Wildman–Crippen MR) is 72.0 cm³/mol. The Morgan fingerprint density at radius 1 is 0.609 bits per heavy atom. The molecule has 0 atom stereocenters. The van der Waals surface area contributed by atoms with Crippen LogP contribution in [0, 0.1) is 0 Å². The van der Waals surface area contributed by atoms with Crippen molar-refractivity contribution >= 4 is 41.4 Å². The molecular weight excluding hydrogens is 312 g/mol. The third-order valence-electron chi connectivity index (χ3n) is 2.43. The monoisotopic (exact) mass is 328 g/mol. The normalized spacial score (nSPS) is 9.83. The minimum Gasteiger partial charge on any atom is -0.442 e. The lowest BCUT2D eigenvalue weighted by Crippen LogP contribution is -2.55. The van der Waals surface area contributed by atoms with Gasteiger partial charge in [0.25, 0.3) is 17.9 Å². The highest BCUT2D eigenvalue weighted by atomic mass is 16.6. The number of carbonyl (C=O) groups is 7. The molecule has 0 saturated heterocycles. The van der Waals surface area contributed by atoms with Crippen LogP contribution in [0.25, 0.3) is 0 Å². The van der Waals surface area contributed by atoms with E-state index in [1.165, 1.54) is 0 Å². The molecule has 0 aliphatic rings. The van der Waals surface area contributed by atoms with E-state index in [1.54, 1.807) is 0 Å². The highest BCUT2D eigenvalue weighted by molar-refractivity contribution is 6.22. The zero-order valence-electron chi connectivity index (χ0n) is 13.2. The maximum atomic E-state index is 12.2. The zero-order chi connectivity index (χ0) is 18.5. The van der Waals surface area contributed by atoms with E-state index in [-0.39, 0.29) is 9.80 Å². The molecule has 10 heteroatoms. The number of esters is 1. The maximum absolute atomic E-state index is 12.2. The van der Waals surface area contributed by atoms with E-state index < -0.39 is 47.5 Å². The number of nitrogens with zero attached hydrogens (tertiary/aromatic N) is 2. The quantitative estimate of drug-likeness (QED) is 0.464. The minimum absolute atomic E-state index is 0.0734. The second-order valence-electron chi connectivity index (χ2n) is 4.41. The van der Waals surface area contributed by atoms with E-state index in [0.29, 0.717) is 0 Å². The first-order valence-electron chi connectivity index (χ1n) is 6.29. The zero-order valence-corrected chi connectivity index (χ0v) is 13.2. The average molecular weight is 328 g/mol. The second-order valence-corrected chi connectivity index (χ2v) is 4.41. The molecule has 0 fully saturated rings. The molecular formula is C13H16N2O8. The highest BCUT2D eigenvalue weighted by Crippen LogP contribution is 2.08. The van der Waals surface area contributed by atoms with Gasteiger partial charge in [-0.25, -0.2) is 9.80 Å². The first kappa shape index (κ1) is 20.1. The Hall–Kier alpha value is -2.91. The molecule has 0 N–H and O–H groups in total. The van der Waals surface area contributed by atoms with Crippen LogP contribution in [-0.2, 0) is 38.3 Å². The molecule has 10 nitrogen and oxygen atoms in total. The Labute approximate surface area is 131 Å². The number of carbonyl (C=O) groups excluding carboxylic acids is 7. The van der Waals surface area contributed by atoms with Gasteiger partial charge in [-0.1, -0.05) is 0 Å². The van der Waals surface area contributed by atoms with Crippen molar-refractivity contribution in [2.24, 2.45) is 0 Å². The molecule has 0 aromatic heterocycles. The van der Waals surface area contributed by atoms with Crippen molar-refractivity contribution in [2.75, 3.05) is 0 Å². The summed E-state index contributed by atoms with van der Waals surface area (Å²) in [5.74, 6) is -8.13. The Balaban J connectivity index is 5.90. The topological polar surface area (TPSA) is 135 Å². The summed E-state index contributed by atoms with van der Waals surface area (Å²) in [5.41, 5.74) is 0. The van der Waals surface area contributed by atoms with E-state index in [1.807, 2.05) is 0 Å². The van der Waals surface area contributed by atoms with Gasteiger partial charge in [0.15, 0.2) is 0 Å². The Kier molecular flexibility index (Phi) is 6.92. The van der Waals surface area contributed by atoms with Crippen molar-refractivity contribution in [3.63, 3.8) is 0 Å². The summed E-state index contributed by atoms with van der Waals surface area (Å²) in [5, 5.41) is 0. The van der Waals surface area contributed by atoms with Crippen LogP contribution in [0.1, 0.15) is 34.6 Å². The van der Waals surface area contributed by atoms with Crippen LogP contribution >= 0.6 is 0 Å². The number of ether oxygens (including phenoxy) is 1. The van der Waals surface area contributed by atoms with Gasteiger partial charge in [0.05, 0.1) is 0 Å². The van der Waals surface area contributed by atoms with E-state index in [9.17, 15) is 33.6 Å². The summed E-state index contributed by atoms with van der Waals surface area (Å²) >= 11 is 0. The molecule has 0 saturated carbocycles. The Morgan fingerprint density at radius 2 is 0.870 bits per heavy atom. The van der Waals surface area contributed by atoms with Crippen molar-refractivity contribution in [2.45, 2.75) is 40.7 Å². The average Bonchev–Trinajstić information content (AvgIpc) is 2.33. The second kappa shape index (κ2) is 7.92. The van der Waals surface area contributed by atoms with Crippen molar-refractivity contribution in [1.29, 1.82) is 0 Å². The molecule has 0 aromatic carbocycles. The minimum atomic E-state index is -2.31. The fourth-order valence-corrected chi connectivity index (χ4v) is 1.67. The number of imide groups is 6. The summed E-state index contributed by atoms with van der Waals surface area (Å²) in [6.07, 6.45) is -2.31. The molecule has 0 heterocycles. The fraction of sp³-hybridized carbons (Fsp3) is 0.462. The van der Waals surface area contributed by atoms with E-state index >= 15 is 0 Å². The lowest BCUT2D eigenvalue weighted by atomic mass is 10.2. The number of hydrogen-bond acceptors (Lipinski definition) is 8. The Morgan fingerprint density at radius 3 is 1.04 bits per heavy atom. The highest BCUT2D eigenvalue weighted by Gasteiger charge is 2.42. The van der Waals surface area contributed by atoms with Crippen LogP contribution in [0.15, 0.2) is 0 Å². The molecule has 0 rings (SSSR count). The van der Waals surface area contributed by atoms with E-state index in [4.69, 9.17) is 0 Å². The van der Waals surface area contributed by atoms with Crippen LogP contribution in [-0.4, -0.2) is 57.3 Å². The lowest BCUT2D eigenvalue weighted by molar-refractivity contribution is -0.173. The Bertz CT molecular complexity index is 523. The molecule has 6 amide bonds. The summed E-state index contributed by atoms with van der Waals surface area (Å²) in [6.45, 7) is 4.38. The third kappa shape index (κ3) is 5.09. The van der Waals surface area contributed by atoms with Crippen LogP contribution < -0.4 is 0 Å². The molecule has 0 aliphatic heterocycles. The SMILES string of the molecule is CC(=O)OC(C(=O)N(C(C)=O)C(C)=O)C(=O)N(C(C)=O)C(C)=O. The fourth-order valence-electron chi connectivity index (χ4n) is 1.67. The van der Waals surface area contributed by atoms with Crippen LogP contribution in [0.2, 0.25) is 0 Å². The number of hydrogen-bond donors (Lipinski definition) is 0. The summed E-state index contributed by atoms with van der Waals surface area (Å²) in [6, 6.07) is 0. The molecule has 0 bridgehead atoms. The van der Waals surface area contributed by atoms with E-state index in [2.05, 4.69) is 4.74 Å². The van der Waals surface area contributed by atoms with Crippen molar-refractivity contribution in [3.05, 3.63) is 0 Å². The first-order chi connectivity index (χ1) is 10.4. The van der Waals surface area contributed by atoms with Gasteiger partial charge in [-0.05, 0) is 0 Å². The smallest absolute Gasteiger partial charge is 0.303 e. The van der Waals surface area contributed by atoms with Gasteiger partial charge in [0.1, 0.15) is 0 Å². The van der Waals surface area contributed by atoms with Crippen molar-refractivity contribution in [1.82, 2.24) is 9.80 Å². The van der Waals surface area contributed by atoms with Crippen molar-refractivity contribution < 1.29 is 38.3 Å². The molecule has 0 aromatic rings. The summed E-state index contributed by atoms with van der Waals surface area (Å²) in [7, 11) is 0. The van der Waals surface area contributed by atoms with Crippen LogP contribution in [0.5, 0.6) is 0 Å². The van der Waals surface area contributed by atoms with Gasteiger partial charge < -0.3 is 4.74 Å². The van der Waals surface area contributed by atoms with Gasteiger partial charge in [-0.3, -0.25) is 33.6 Å². The summed E-state index contributed by atoms with van der Waals surface area (Å²) in [4.78, 5) is 81.1. The summed E-state index contributed by atoms with van der Waals surface area (Å²) < 4.78 is 4.51. The molecule has 0 unspecified atom stereocenters. The molecule has 0 aliphatic carbocycles. The van der Waals surface area contributed by atoms with Gasteiger partial charge in [-0.15, -0.1) is 0 Å². The largest absolute Gasteiger partial charge is 0.442 e. The first-order valence-corrected chi connectivity index (χ1v) is 6.29. The maximum Gasteiger partial charge on any atom is 0.303 e. The standard InChI is InChI=1S/C13H16N2O8/c1-6(16)14(7(2)17)12(21)11(23-10(5)20)13(22)15(8(3)18)9(4)19/h11H,1-5H3. The molecule has 0 radical (unpaired) electrons. The number of rotatable bonds is 3. The van der Waals surface area contributed by atoms with Crippen LogP contribution in [0.3, 0.4) is 0 Å². The number of amides is 6. The molecule has 126 valence electrons. The molecule has 0 spiro atoms. The molecule has 23 heavy (non-hydrogen) atoms. The van der Waals surface area contributed by atoms with Gasteiger partial charge in [0.2, 0.25) is 23.6 Å². The van der Waals surface area contributed by atoms with Gasteiger partial charge in [0, 0.05) is 34.6 Å². The van der Waals surface area contributed by atoms with Crippen molar-refractivity contribution in [3.8, 4) is 0 Å². The lowest BCUT2D eigenvalue weighted by Gasteiger charge is -2.24. The van der Waals surface area contributed by atoms with Gasteiger partial charge >= 0.3 is 5.97 Å².